The monoisotopic (exact) mass is 201 g/mol. The van der Waals surface area contributed by atoms with Crippen molar-refractivity contribution in [1.82, 2.24) is 4.90 Å². The van der Waals surface area contributed by atoms with E-state index in [1.54, 1.807) is 7.11 Å². The summed E-state index contributed by atoms with van der Waals surface area (Å²) in [7, 11) is 3.91. The molecule has 3 nitrogen and oxygen atoms in total. The van der Waals surface area contributed by atoms with Crippen molar-refractivity contribution in [2.75, 3.05) is 47.1 Å². The van der Waals surface area contributed by atoms with Crippen LogP contribution < -0.4 is 0 Å². The Bertz CT molecular complexity index is 133. The highest BCUT2D eigenvalue weighted by atomic mass is 16.5. The Morgan fingerprint density at radius 2 is 1.86 bits per heavy atom. The number of hydrogen-bond donors (Lipinski definition) is 0. The van der Waals surface area contributed by atoms with E-state index in [1.165, 1.54) is 32.4 Å². The van der Waals surface area contributed by atoms with Gasteiger partial charge in [-0.05, 0) is 45.3 Å². The zero-order valence-electron chi connectivity index (χ0n) is 9.50. The van der Waals surface area contributed by atoms with Gasteiger partial charge in [0.1, 0.15) is 0 Å². The molecule has 0 atom stereocenters. The van der Waals surface area contributed by atoms with E-state index in [-0.39, 0.29) is 0 Å². The van der Waals surface area contributed by atoms with E-state index in [0.717, 1.165) is 19.1 Å². The summed E-state index contributed by atoms with van der Waals surface area (Å²) >= 11 is 0. The lowest BCUT2D eigenvalue weighted by Crippen LogP contribution is -2.30. The van der Waals surface area contributed by atoms with E-state index in [2.05, 4.69) is 11.9 Å². The standard InChI is InChI=1S/C11H23NO2/c1-12-6-3-11(4-7-12)5-8-14-10-9-13-2/h11H,3-10H2,1-2H3. The van der Waals surface area contributed by atoms with E-state index >= 15 is 0 Å². The predicted octanol–water partition coefficient (Wildman–Crippen LogP) is 1.38. The highest BCUT2D eigenvalue weighted by Gasteiger charge is 2.15. The lowest BCUT2D eigenvalue weighted by atomic mass is 9.94. The predicted molar refractivity (Wildman–Crippen MR) is 57.5 cm³/mol. The van der Waals surface area contributed by atoms with E-state index in [9.17, 15) is 0 Å². The zero-order valence-corrected chi connectivity index (χ0v) is 9.50. The van der Waals surface area contributed by atoms with Crippen LogP contribution >= 0.6 is 0 Å². The molecule has 0 aromatic carbocycles. The minimum atomic E-state index is 0.716. The zero-order chi connectivity index (χ0) is 10.2. The number of ether oxygens (including phenoxy) is 2. The van der Waals surface area contributed by atoms with Gasteiger partial charge < -0.3 is 14.4 Å². The summed E-state index contributed by atoms with van der Waals surface area (Å²) in [4.78, 5) is 2.41. The lowest BCUT2D eigenvalue weighted by molar-refractivity contribution is 0.0586. The number of rotatable bonds is 6. The molecule has 1 aliphatic rings. The first-order valence-electron chi connectivity index (χ1n) is 5.58. The van der Waals surface area contributed by atoms with E-state index < -0.39 is 0 Å². The number of hydrogen-bond acceptors (Lipinski definition) is 3. The van der Waals surface area contributed by atoms with Crippen LogP contribution in [0.15, 0.2) is 0 Å². The molecule has 1 aliphatic heterocycles. The normalized spacial score (nSPS) is 20.1. The van der Waals surface area contributed by atoms with Crippen LogP contribution in [0.5, 0.6) is 0 Å². The topological polar surface area (TPSA) is 21.7 Å². The van der Waals surface area contributed by atoms with Gasteiger partial charge in [0.25, 0.3) is 0 Å². The summed E-state index contributed by atoms with van der Waals surface area (Å²) < 4.78 is 10.4. The number of piperidine rings is 1. The summed E-state index contributed by atoms with van der Waals surface area (Å²) in [6, 6.07) is 0. The molecule has 84 valence electrons. The molecule has 0 spiro atoms. The van der Waals surface area contributed by atoms with Crippen LogP contribution in [0.4, 0.5) is 0 Å². The third kappa shape index (κ3) is 4.94. The molecule has 0 bridgehead atoms. The van der Waals surface area contributed by atoms with Crippen molar-refractivity contribution >= 4 is 0 Å². The maximum absolute atomic E-state index is 5.47. The molecule has 1 saturated heterocycles. The molecule has 0 N–H and O–H groups in total. The summed E-state index contributed by atoms with van der Waals surface area (Å²) in [5, 5.41) is 0. The first kappa shape index (κ1) is 12.0. The maximum Gasteiger partial charge on any atom is 0.0700 e. The maximum atomic E-state index is 5.47. The van der Waals surface area contributed by atoms with Crippen molar-refractivity contribution in [2.45, 2.75) is 19.3 Å². The van der Waals surface area contributed by atoms with Gasteiger partial charge in [0.2, 0.25) is 0 Å². The summed E-state index contributed by atoms with van der Waals surface area (Å²) in [6.45, 7) is 4.86. The molecule has 0 unspecified atom stereocenters. The van der Waals surface area contributed by atoms with Gasteiger partial charge >= 0.3 is 0 Å². The van der Waals surface area contributed by atoms with Crippen molar-refractivity contribution in [3.05, 3.63) is 0 Å². The first-order chi connectivity index (χ1) is 6.83. The van der Waals surface area contributed by atoms with Crippen LogP contribution in [0, 0.1) is 5.92 Å². The average Bonchev–Trinajstić information content (AvgIpc) is 2.21. The Kier molecular flexibility index (Phi) is 6.15. The van der Waals surface area contributed by atoms with Gasteiger partial charge in [0, 0.05) is 13.7 Å². The van der Waals surface area contributed by atoms with Gasteiger partial charge in [0.15, 0.2) is 0 Å². The molecule has 0 aromatic rings. The van der Waals surface area contributed by atoms with Gasteiger partial charge in [-0.2, -0.15) is 0 Å². The van der Waals surface area contributed by atoms with E-state index in [0.29, 0.717) is 6.61 Å². The van der Waals surface area contributed by atoms with Crippen molar-refractivity contribution in [1.29, 1.82) is 0 Å². The second-order valence-corrected chi connectivity index (χ2v) is 4.14. The molecule has 0 aromatic heterocycles. The van der Waals surface area contributed by atoms with E-state index in [1.807, 2.05) is 0 Å². The number of methoxy groups -OCH3 is 1. The van der Waals surface area contributed by atoms with Gasteiger partial charge in [-0.3, -0.25) is 0 Å². The highest BCUT2D eigenvalue weighted by Crippen LogP contribution is 2.19. The van der Waals surface area contributed by atoms with Crippen LogP contribution in [0.25, 0.3) is 0 Å². The highest BCUT2D eigenvalue weighted by molar-refractivity contribution is 4.69. The Labute approximate surface area is 87.4 Å². The van der Waals surface area contributed by atoms with Gasteiger partial charge in [-0.1, -0.05) is 0 Å². The van der Waals surface area contributed by atoms with Gasteiger partial charge in [-0.15, -0.1) is 0 Å². The van der Waals surface area contributed by atoms with Crippen LogP contribution in [0.3, 0.4) is 0 Å². The van der Waals surface area contributed by atoms with Crippen LogP contribution in [-0.2, 0) is 9.47 Å². The van der Waals surface area contributed by atoms with Crippen molar-refractivity contribution in [3.63, 3.8) is 0 Å². The van der Waals surface area contributed by atoms with Crippen molar-refractivity contribution < 1.29 is 9.47 Å². The third-order valence-corrected chi connectivity index (χ3v) is 2.94. The molecular formula is C11H23NO2. The quantitative estimate of drug-likeness (QED) is 0.606. The van der Waals surface area contributed by atoms with Crippen molar-refractivity contribution in [2.24, 2.45) is 5.92 Å². The van der Waals surface area contributed by atoms with Crippen molar-refractivity contribution in [3.8, 4) is 0 Å². The average molecular weight is 201 g/mol. The number of nitrogens with zero attached hydrogens (tertiary/aromatic N) is 1. The second kappa shape index (κ2) is 7.21. The molecule has 0 aliphatic carbocycles. The molecule has 0 saturated carbocycles. The molecule has 0 radical (unpaired) electrons. The molecule has 3 heteroatoms. The van der Waals surface area contributed by atoms with E-state index in [4.69, 9.17) is 9.47 Å². The Morgan fingerprint density at radius 3 is 2.50 bits per heavy atom. The molecule has 1 fully saturated rings. The number of likely N-dealkylation sites (tertiary alicyclic amines) is 1. The van der Waals surface area contributed by atoms with Gasteiger partial charge in [-0.25, -0.2) is 0 Å². The summed E-state index contributed by atoms with van der Waals surface area (Å²) in [5.74, 6) is 0.883. The molecule has 1 rings (SSSR count). The molecule has 14 heavy (non-hydrogen) atoms. The van der Waals surface area contributed by atoms with Crippen LogP contribution in [0.2, 0.25) is 0 Å². The summed E-state index contributed by atoms with van der Waals surface area (Å²) in [5.41, 5.74) is 0. The van der Waals surface area contributed by atoms with Crippen LogP contribution in [-0.4, -0.2) is 52.0 Å². The SMILES string of the molecule is COCCOCCC1CCN(C)CC1. The van der Waals surface area contributed by atoms with Crippen LogP contribution in [0.1, 0.15) is 19.3 Å². The fourth-order valence-corrected chi connectivity index (χ4v) is 1.85. The fraction of sp³-hybridized carbons (Fsp3) is 1.00. The Balaban J connectivity index is 1.91. The van der Waals surface area contributed by atoms with Gasteiger partial charge in [0.05, 0.1) is 13.2 Å². The minimum Gasteiger partial charge on any atom is -0.382 e. The smallest absolute Gasteiger partial charge is 0.0700 e. The molecular weight excluding hydrogens is 178 g/mol. The Morgan fingerprint density at radius 1 is 1.14 bits per heavy atom. The fourth-order valence-electron chi connectivity index (χ4n) is 1.85. The summed E-state index contributed by atoms with van der Waals surface area (Å²) in [6.07, 6.45) is 3.89. The minimum absolute atomic E-state index is 0.716. The largest absolute Gasteiger partial charge is 0.382 e. The second-order valence-electron chi connectivity index (χ2n) is 4.14. The molecule has 0 amide bonds. The Hall–Kier alpha value is -0.120. The lowest BCUT2D eigenvalue weighted by Gasteiger charge is -2.28. The molecule has 1 heterocycles. The first-order valence-corrected chi connectivity index (χ1v) is 5.58. The third-order valence-electron chi connectivity index (χ3n) is 2.94.